The number of aromatic nitrogens is 3. The van der Waals surface area contributed by atoms with Gasteiger partial charge in [0.25, 0.3) is 5.91 Å². The van der Waals surface area contributed by atoms with Gasteiger partial charge in [-0.05, 0) is 51.2 Å². The maximum atomic E-state index is 12.5. The van der Waals surface area contributed by atoms with Gasteiger partial charge in [0.15, 0.2) is 5.13 Å². The number of amides is 1. The van der Waals surface area contributed by atoms with E-state index >= 15 is 0 Å². The van der Waals surface area contributed by atoms with Crippen LogP contribution in [0, 0.1) is 13.8 Å². The third-order valence-corrected chi connectivity index (χ3v) is 5.52. The van der Waals surface area contributed by atoms with E-state index in [0.29, 0.717) is 10.7 Å². The molecule has 6 nitrogen and oxygen atoms in total. The minimum Gasteiger partial charge on any atom is -0.301 e. The van der Waals surface area contributed by atoms with Gasteiger partial charge in [-0.1, -0.05) is 0 Å². The van der Waals surface area contributed by atoms with Gasteiger partial charge in [0.2, 0.25) is 0 Å². The van der Waals surface area contributed by atoms with E-state index < -0.39 is 0 Å². The van der Waals surface area contributed by atoms with E-state index in [1.165, 1.54) is 4.88 Å². The Morgan fingerprint density at radius 3 is 2.69 bits per heavy atom. The van der Waals surface area contributed by atoms with Crippen molar-refractivity contribution in [2.45, 2.75) is 26.8 Å². The fraction of sp³-hybridized carbons (Fsp3) is 0.316. The van der Waals surface area contributed by atoms with Gasteiger partial charge in [0.05, 0.1) is 17.1 Å². The fourth-order valence-corrected chi connectivity index (χ4v) is 4.27. The van der Waals surface area contributed by atoms with E-state index in [0.717, 1.165) is 42.3 Å². The van der Waals surface area contributed by atoms with Crippen molar-refractivity contribution in [2.75, 3.05) is 18.9 Å². The summed E-state index contributed by atoms with van der Waals surface area (Å²) in [4.78, 5) is 20.6. The van der Waals surface area contributed by atoms with E-state index in [4.69, 9.17) is 0 Å². The average Bonchev–Trinajstić information content (AvgIpc) is 3.16. The van der Waals surface area contributed by atoms with Crippen LogP contribution in [0.2, 0.25) is 0 Å². The van der Waals surface area contributed by atoms with E-state index in [-0.39, 0.29) is 5.91 Å². The third-order valence-electron chi connectivity index (χ3n) is 4.53. The van der Waals surface area contributed by atoms with Crippen LogP contribution in [-0.4, -0.2) is 39.2 Å². The summed E-state index contributed by atoms with van der Waals surface area (Å²) in [6.07, 6.45) is 0.940. The number of hydrogen-bond acceptors (Lipinski definition) is 5. The van der Waals surface area contributed by atoms with E-state index in [9.17, 15) is 4.79 Å². The van der Waals surface area contributed by atoms with E-state index in [1.54, 1.807) is 11.3 Å². The van der Waals surface area contributed by atoms with Gasteiger partial charge in [0.1, 0.15) is 0 Å². The highest BCUT2D eigenvalue weighted by Crippen LogP contribution is 2.28. The highest BCUT2D eigenvalue weighted by atomic mass is 32.1. The molecule has 0 unspecified atom stereocenters. The molecule has 7 heteroatoms. The van der Waals surface area contributed by atoms with Crippen LogP contribution in [0.5, 0.6) is 0 Å². The summed E-state index contributed by atoms with van der Waals surface area (Å²) in [7, 11) is 2.10. The summed E-state index contributed by atoms with van der Waals surface area (Å²) in [5.74, 6) is -0.135. The van der Waals surface area contributed by atoms with Gasteiger partial charge in [0, 0.05) is 35.6 Å². The van der Waals surface area contributed by atoms with Gasteiger partial charge in [-0.3, -0.25) is 10.1 Å². The van der Waals surface area contributed by atoms with Gasteiger partial charge >= 0.3 is 0 Å². The van der Waals surface area contributed by atoms with Crippen LogP contribution < -0.4 is 5.32 Å². The maximum Gasteiger partial charge on any atom is 0.257 e. The molecule has 0 aliphatic carbocycles. The van der Waals surface area contributed by atoms with Crippen molar-refractivity contribution in [2.24, 2.45) is 0 Å². The lowest BCUT2D eigenvalue weighted by Gasteiger charge is -2.20. The summed E-state index contributed by atoms with van der Waals surface area (Å²) >= 11 is 1.57. The van der Waals surface area contributed by atoms with Crippen LogP contribution >= 0.6 is 11.3 Å². The molecule has 1 aliphatic heterocycles. The van der Waals surface area contributed by atoms with Crippen molar-refractivity contribution in [1.82, 2.24) is 19.7 Å². The molecule has 26 heavy (non-hydrogen) atoms. The monoisotopic (exact) mass is 367 g/mol. The molecule has 1 N–H and O–H groups in total. The van der Waals surface area contributed by atoms with Gasteiger partial charge in [-0.2, -0.15) is 5.10 Å². The number of nitrogens with one attached hydrogen (secondary N) is 1. The number of nitrogens with zero attached hydrogens (tertiary/aromatic N) is 4. The van der Waals surface area contributed by atoms with Crippen LogP contribution in [0.15, 0.2) is 30.3 Å². The Bertz CT molecular complexity index is 957. The van der Waals surface area contributed by atoms with Gasteiger partial charge < -0.3 is 4.90 Å². The van der Waals surface area contributed by atoms with Crippen LogP contribution in [0.3, 0.4) is 0 Å². The van der Waals surface area contributed by atoms with Crippen molar-refractivity contribution in [1.29, 1.82) is 0 Å². The molecule has 2 aromatic heterocycles. The number of thiazole rings is 1. The molecule has 3 heterocycles. The number of fused-ring (bicyclic) bond motifs is 1. The lowest BCUT2D eigenvalue weighted by atomic mass is 10.2. The summed E-state index contributed by atoms with van der Waals surface area (Å²) in [5.41, 5.74) is 4.71. The minimum absolute atomic E-state index is 0.135. The Labute approximate surface area is 156 Å². The van der Waals surface area contributed by atoms with Gasteiger partial charge in [-0.25, -0.2) is 9.67 Å². The Balaban J connectivity index is 1.49. The first-order valence-electron chi connectivity index (χ1n) is 8.62. The van der Waals surface area contributed by atoms with E-state index in [2.05, 4.69) is 27.3 Å². The molecule has 0 spiro atoms. The topological polar surface area (TPSA) is 63.1 Å². The lowest BCUT2D eigenvalue weighted by Crippen LogP contribution is -2.25. The zero-order valence-electron chi connectivity index (χ0n) is 15.1. The average molecular weight is 367 g/mol. The summed E-state index contributed by atoms with van der Waals surface area (Å²) < 4.78 is 1.88. The van der Waals surface area contributed by atoms with Crippen molar-refractivity contribution in [3.05, 3.63) is 57.9 Å². The Morgan fingerprint density at radius 1 is 1.23 bits per heavy atom. The zero-order chi connectivity index (χ0) is 18.3. The summed E-state index contributed by atoms with van der Waals surface area (Å²) in [6, 6.07) is 9.50. The third kappa shape index (κ3) is 3.27. The number of carbonyl (C=O) groups excluding carboxylic acids is 1. The first-order chi connectivity index (χ1) is 12.5. The standard InChI is InChI=1S/C19H21N5OS/c1-12-10-13(2)24(22-12)15-6-4-14(5-7-15)18(25)21-19-20-16-8-9-23(3)11-17(16)26-19/h4-7,10H,8-9,11H2,1-3H3,(H,20,21,25). The number of aryl methyl sites for hydroxylation is 2. The Hall–Kier alpha value is -2.51. The molecular formula is C19H21N5OS. The van der Waals surface area contributed by atoms with Crippen molar-refractivity contribution < 1.29 is 4.79 Å². The van der Waals surface area contributed by atoms with E-state index in [1.807, 2.05) is 48.9 Å². The highest BCUT2D eigenvalue weighted by molar-refractivity contribution is 7.15. The molecule has 4 rings (SSSR count). The first-order valence-corrected chi connectivity index (χ1v) is 9.43. The maximum absolute atomic E-state index is 12.5. The number of carbonyl (C=O) groups is 1. The van der Waals surface area contributed by atoms with Crippen molar-refractivity contribution in [3.63, 3.8) is 0 Å². The van der Waals surface area contributed by atoms with Crippen LogP contribution in [0.1, 0.15) is 32.3 Å². The fourth-order valence-electron chi connectivity index (χ4n) is 3.19. The van der Waals surface area contributed by atoms with Crippen molar-refractivity contribution in [3.8, 4) is 5.69 Å². The summed E-state index contributed by atoms with van der Waals surface area (Å²) in [6.45, 7) is 5.90. The molecule has 1 amide bonds. The molecular weight excluding hydrogens is 346 g/mol. The molecule has 0 saturated heterocycles. The second kappa shape index (κ2) is 6.66. The normalized spacial score (nSPS) is 14.3. The highest BCUT2D eigenvalue weighted by Gasteiger charge is 2.19. The molecule has 0 saturated carbocycles. The number of rotatable bonds is 3. The molecule has 0 fully saturated rings. The number of anilines is 1. The molecule has 1 aromatic carbocycles. The molecule has 1 aliphatic rings. The van der Waals surface area contributed by atoms with Crippen molar-refractivity contribution >= 4 is 22.4 Å². The Morgan fingerprint density at radius 2 is 2.00 bits per heavy atom. The Kier molecular flexibility index (Phi) is 4.34. The molecule has 3 aromatic rings. The predicted octanol–water partition coefficient (Wildman–Crippen LogP) is 3.19. The van der Waals surface area contributed by atoms with Crippen LogP contribution in [0.25, 0.3) is 5.69 Å². The van der Waals surface area contributed by atoms with Crippen LogP contribution in [-0.2, 0) is 13.0 Å². The predicted molar refractivity (Wildman–Crippen MR) is 103 cm³/mol. The number of benzene rings is 1. The SMILES string of the molecule is Cc1cc(C)n(-c2ccc(C(=O)Nc3nc4c(s3)CN(C)CC4)cc2)n1. The number of likely N-dealkylation sites (N-methyl/N-ethyl adjacent to an activating group) is 1. The zero-order valence-corrected chi connectivity index (χ0v) is 15.9. The second-order valence-corrected chi connectivity index (χ2v) is 7.80. The first kappa shape index (κ1) is 16.9. The second-order valence-electron chi connectivity index (χ2n) is 6.72. The van der Waals surface area contributed by atoms with Gasteiger partial charge in [-0.15, -0.1) is 11.3 Å². The molecule has 0 bridgehead atoms. The smallest absolute Gasteiger partial charge is 0.257 e. The number of hydrogen-bond donors (Lipinski definition) is 1. The largest absolute Gasteiger partial charge is 0.301 e. The molecule has 0 atom stereocenters. The van der Waals surface area contributed by atoms with Crippen LogP contribution in [0.4, 0.5) is 5.13 Å². The minimum atomic E-state index is -0.135. The quantitative estimate of drug-likeness (QED) is 0.772. The summed E-state index contributed by atoms with van der Waals surface area (Å²) in [5, 5.41) is 8.08. The molecule has 134 valence electrons. The lowest BCUT2D eigenvalue weighted by molar-refractivity contribution is 0.102. The molecule has 0 radical (unpaired) electrons.